The highest BCUT2D eigenvalue weighted by Gasteiger charge is 2.27. The third-order valence-corrected chi connectivity index (χ3v) is 5.92. The lowest BCUT2D eigenvalue weighted by atomic mass is 10.1. The summed E-state index contributed by atoms with van der Waals surface area (Å²) in [6, 6.07) is 16.4. The van der Waals surface area contributed by atoms with Gasteiger partial charge in [-0.15, -0.1) is 0 Å². The SMILES string of the molecule is CN(C)c1ccc(-c2cc(-c3cc(C#N)c(N4CCN(C(=O)OC(C)(C)C)CC4)[nH]3)ccn2)cc1. The Morgan fingerprint density at radius 1 is 1.06 bits per heavy atom. The van der Waals surface area contributed by atoms with Crippen LogP contribution in [-0.4, -0.2) is 66.8 Å². The van der Waals surface area contributed by atoms with Gasteiger partial charge < -0.3 is 24.4 Å². The quantitative estimate of drug-likeness (QED) is 0.590. The van der Waals surface area contributed by atoms with E-state index in [1.165, 1.54) is 0 Å². The average molecular weight is 473 g/mol. The van der Waals surface area contributed by atoms with Crippen LogP contribution in [0.3, 0.4) is 0 Å². The molecule has 1 aliphatic heterocycles. The van der Waals surface area contributed by atoms with Crippen LogP contribution in [0.15, 0.2) is 48.7 Å². The molecular formula is C27H32N6O2. The van der Waals surface area contributed by atoms with Gasteiger partial charge in [-0.05, 0) is 51.1 Å². The number of hydrogen-bond acceptors (Lipinski definition) is 6. The number of aromatic nitrogens is 2. The van der Waals surface area contributed by atoms with Gasteiger partial charge in [0, 0.05) is 69.0 Å². The molecule has 1 amide bonds. The molecule has 1 N–H and O–H groups in total. The monoisotopic (exact) mass is 472 g/mol. The Hall–Kier alpha value is -3.99. The smallest absolute Gasteiger partial charge is 0.410 e. The fraction of sp³-hybridized carbons (Fsp3) is 0.370. The summed E-state index contributed by atoms with van der Waals surface area (Å²) < 4.78 is 5.49. The Balaban J connectivity index is 1.52. The van der Waals surface area contributed by atoms with Crippen LogP contribution < -0.4 is 9.80 Å². The van der Waals surface area contributed by atoms with Crippen LogP contribution in [0, 0.1) is 11.3 Å². The molecule has 35 heavy (non-hydrogen) atoms. The molecule has 8 heteroatoms. The fourth-order valence-corrected chi connectivity index (χ4v) is 4.06. The number of anilines is 2. The van der Waals surface area contributed by atoms with E-state index in [4.69, 9.17) is 4.74 Å². The van der Waals surface area contributed by atoms with Gasteiger partial charge >= 0.3 is 6.09 Å². The van der Waals surface area contributed by atoms with Crippen molar-refractivity contribution in [1.29, 1.82) is 5.26 Å². The number of aromatic amines is 1. The molecule has 0 spiro atoms. The number of benzene rings is 1. The van der Waals surface area contributed by atoms with Crippen LogP contribution in [0.4, 0.5) is 16.3 Å². The zero-order valence-electron chi connectivity index (χ0n) is 21.0. The minimum Gasteiger partial charge on any atom is -0.444 e. The molecule has 3 aromatic rings. The highest BCUT2D eigenvalue weighted by Crippen LogP contribution is 2.30. The van der Waals surface area contributed by atoms with Gasteiger partial charge in [-0.1, -0.05) is 12.1 Å². The maximum Gasteiger partial charge on any atom is 0.410 e. The first kappa shape index (κ1) is 24.1. The van der Waals surface area contributed by atoms with E-state index in [2.05, 4.69) is 50.1 Å². The number of nitriles is 1. The Labute approximate surface area is 206 Å². The van der Waals surface area contributed by atoms with E-state index >= 15 is 0 Å². The number of pyridine rings is 1. The van der Waals surface area contributed by atoms with Crippen LogP contribution in [0.5, 0.6) is 0 Å². The number of hydrogen-bond donors (Lipinski definition) is 1. The lowest BCUT2D eigenvalue weighted by molar-refractivity contribution is 0.0240. The number of carbonyl (C=O) groups excluding carboxylic acids is 1. The normalized spacial score (nSPS) is 13.9. The standard InChI is InChI=1S/C27H32N6O2/c1-27(2,3)35-26(34)33-14-12-32(13-15-33)25-21(18-28)17-24(30-25)20-10-11-29-23(16-20)19-6-8-22(9-7-19)31(4)5/h6-11,16-17,30H,12-15H2,1-5H3. The molecule has 8 nitrogen and oxygen atoms in total. The van der Waals surface area contributed by atoms with Crippen LogP contribution >= 0.6 is 0 Å². The number of amides is 1. The van der Waals surface area contributed by atoms with Crippen LogP contribution in [0.25, 0.3) is 22.5 Å². The predicted octanol–water partition coefficient (Wildman–Crippen LogP) is 4.74. The molecule has 0 saturated carbocycles. The number of nitrogens with zero attached hydrogens (tertiary/aromatic N) is 5. The molecule has 1 saturated heterocycles. The summed E-state index contributed by atoms with van der Waals surface area (Å²) in [5.41, 5.74) is 4.91. The summed E-state index contributed by atoms with van der Waals surface area (Å²) in [6.45, 7) is 7.91. The van der Waals surface area contributed by atoms with Crippen molar-refractivity contribution in [3.8, 4) is 28.6 Å². The highest BCUT2D eigenvalue weighted by atomic mass is 16.6. The molecule has 0 unspecified atom stereocenters. The van der Waals surface area contributed by atoms with Crippen molar-refractivity contribution >= 4 is 17.6 Å². The predicted molar refractivity (Wildman–Crippen MR) is 139 cm³/mol. The number of rotatable bonds is 4. The zero-order valence-corrected chi connectivity index (χ0v) is 21.0. The summed E-state index contributed by atoms with van der Waals surface area (Å²) in [7, 11) is 4.03. The first-order valence-electron chi connectivity index (χ1n) is 11.7. The molecule has 0 atom stereocenters. The molecule has 0 bridgehead atoms. The van der Waals surface area contributed by atoms with Gasteiger partial charge in [0.05, 0.1) is 11.3 Å². The summed E-state index contributed by atoms with van der Waals surface area (Å²) in [4.78, 5) is 26.3. The molecule has 4 rings (SSSR count). The first-order valence-corrected chi connectivity index (χ1v) is 11.7. The van der Waals surface area contributed by atoms with Gasteiger partial charge in [0.2, 0.25) is 0 Å². The number of nitrogens with one attached hydrogen (secondary N) is 1. The molecule has 0 aliphatic carbocycles. The van der Waals surface area contributed by atoms with Gasteiger partial charge in [-0.25, -0.2) is 4.79 Å². The fourth-order valence-electron chi connectivity index (χ4n) is 4.06. The van der Waals surface area contributed by atoms with Crippen molar-refractivity contribution < 1.29 is 9.53 Å². The third kappa shape index (κ3) is 5.57. The van der Waals surface area contributed by atoms with Gasteiger partial charge in [-0.3, -0.25) is 4.98 Å². The van der Waals surface area contributed by atoms with E-state index in [1.54, 1.807) is 11.1 Å². The summed E-state index contributed by atoms with van der Waals surface area (Å²) in [5.74, 6) is 0.778. The van der Waals surface area contributed by atoms with Gasteiger partial charge in [0.1, 0.15) is 17.5 Å². The van der Waals surface area contributed by atoms with Gasteiger partial charge in [-0.2, -0.15) is 5.26 Å². The maximum absolute atomic E-state index is 12.4. The second-order valence-electron chi connectivity index (χ2n) is 9.88. The number of H-pyrrole nitrogens is 1. The molecule has 1 fully saturated rings. The number of carbonyl (C=O) groups is 1. The minimum absolute atomic E-state index is 0.298. The van der Waals surface area contributed by atoms with E-state index in [1.807, 2.05) is 53.1 Å². The maximum atomic E-state index is 12.4. The van der Waals surface area contributed by atoms with Gasteiger partial charge in [0.15, 0.2) is 0 Å². The van der Waals surface area contributed by atoms with Gasteiger partial charge in [0.25, 0.3) is 0 Å². The Bertz CT molecular complexity index is 1230. The molecule has 1 aromatic carbocycles. The second kappa shape index (κ2) is 9.71. The van der Waals surface area contributed by atoms with E-state index in [9.17, 15) is 10.1 Å². The molecule has 2 aromatic heterocycles. The lowest BCUT2D eigenvalue weighted by Gasteiger charge is -2.36. The largest absolute Gasteiger partial charge is 0.444 e. The lowest BCUT2D eigenvalue weighted by Crippen LogP contribution is -2.50. The van der Waals surface area contributed by atoms with Crippen molar-refractivity contribution in [2.75, 3.05) is 50.1 Å². The van der Waals surface area contributed by atoms with Crippen molar-refractivity contribution in [3.63, 3.8) is 0 Å². The molecular weight excluding hydrogens is 440 g/mol. The zero-order chi connectivity index (χ0) is 25.2. The molecule has 0 radical (unpaired) electrons. The third-order valence-electron chi connectivity index (χ3n) is 5.92. The summed E-state index contributed by atoms with van der Waals surface area (Å²) in [5, 5.41) is 9.78. The van der Waals surface area contributed by atoms with Crippen molar-refractivity contribution in [3.05, 3.63) is 54.2 Å². The Kier molecular flexibility index (Phi) is 6.70. The van der Waals surface area contributed by atoms with Crippen LogP contribution in [0.2, 0.25) is 0 Å². The molecule has 182 valence electrons. The average Bonchev–Trinajstić information content (AvgIpc) is 3.28. The topological polar surface area (TPSA) is 88.5 Å². The number of ether oxygens (including phenoxy) is 1. The molecule has 1 aliphatic rings. The van der Waals surface area contributed by atoms with E-state index < -0.39 is 5.60 Å². The summed E-state index contributed by atoms with van der Waals surface area (Å²) >= 11 is 0. The first-order chi connectivity index (χ1) is 16.6. The van der Waals surface area contributed by atoms with E-state index in [0.29, 0.717) is 31.7 Å². The van der Waals surface area contributed by atoms with Crippen molar-refractivity contribution in [2.24, 2.45) is 0 Å². The van der Waals surface area contributed by atoms with Crippen LogP contribution in [-0.2, 0) is 4.74 Å². The minimum atomic E-state index is -0.520. The highest BCUT2D eigenvalue weighted by molar-refractivity contribution is 5.74. The second-order valence-corrected chi connectivity index (χ2v) is 9.88. The number of piperazine rings is 1. The van der Waals surface area contributed by atoms with Crippen molar-refractivity contribution in [1.82, 2.24) is 14.9 Å². The van der Waals surface area contributed by atoms with E-state index in [0.717, 1.165) is 34.0 Å². The summed E-state index contributed by atoms with van der Waals surface area (Å²) in [6.07, 6.45) is 1.49. The van der Waals surface area contributed by atoms with E-state index in [-0.39, 0.29) is 6.09 Å². The molecule has 3 heterocycles. The van der Waals surface area contributed by atoms with Crippen LogP contribution in [0.1, 0.15) is 26.3 Å². The Morgan fingerprint density at radius 3 is 2.34 bits per heavy atom. The van der Waals surface area contributed by atoms with Crippen molar-refractivity contribution in [2.45, 2.75) is 26.4 Å². The Morgan fingerprint density at radius 2 is 1.74 bits per heavy atom.